The van der Waals surface area contributed by atoms with Crippen molar-refractivity contribution in [3.63, 3.8) is 0 Å². The van der Waals surface area contributed by atoms with Crippen molar-refractivity contribution < 1.29 is 9.90 Å². The molecule has 1 aromatic carbocycles. The summed E-state index contributed by atoms with van der Waals surface area (Å²) < 4.78 is 2.10. The Morgan fingerprint density at radius 1 is 1.30 bits per heavy atom. The fourth-order valence-corrected chi connectivity index (χ4v) is 3.15. The maximum absolute atomic E-state index is 12.7. The number of aliphatic hydroxyl groups excluding tert-OH is 1. The number of aliphatic hydroxyl groups is 1. The average Bonchev–Trinajstić information content (AvgIpc) is 3.34. The van der Waals surface area contributed by atoms with Crippen LogP contribution in [0, 0.1) is 19.8 Å². The van der Waals surface area contributed by atoms with Crippen LogP contribution in [0.25, 0.3) is 5.69 Å². The molecule has 23 heavy (non-hydrogen) atoms. The van der Waals surface area contributed by atoms with Crippen molar-refractivity contribution >= 4 is 5.91 Å². The molecule has 0 radical (unpaired) electrons. The lowest BCUT2D eigenvalue weighted by atomic mass is 10.2. The molecule has 0 saturated heterocycles. The lowest BCUT2D eigenvalue weighted by Gasteiger charge is -2.21. The monoisotopic (exact) mass is 312 g/mol. The molecule has 0 aliphatic heterocycles. The standard InChI is InChI=1S/C19H24N2O2/c1-13-11-17(14(2)21(13)16-7-5-4-6-8-16)19(23)20(3)12-18(22)15-9-10-15/h4-8,11,15,18,22H,9-10,12H2,1-3H3. The van der Waals surface area contributed by atoms with Crippen molar-refractivity contribution in [3.05, 3.63) is 53.3 Å². The first-order valence-electron chi connectivity index (χ1n) is 8.17. The van der Waals surface area contributed by atoms with Crippen LogP contribution in [0.3, 0.4) is 0 Å². The number of aryl methyl sites for hydroxylation is 1. The highest BCUT2D eigenvalue weighted by molar-refractivity contribution is 5.95. The molecule has 1 heterocycles. The minimum absolute atomic E-state index is 0.0278. The summed E-state index contributed by atoms with van der Waals surface area (Å²) in [6.07, 6.45) is 1.75. The van der Waals surface area contributed by atoms with Crippen LogP contribution < -0.4 is 0 Å². The number of rotatable bonds is 5. The molecule has 0 bridgehead atoms. The number of para-hydroxylation sites is 1. The molecular weight excluding hydrogens is 288 g/mol. The van der Waals surface area contributed by atoms with Gasteiger partial charge in [0.05, 0.1) is 11.7 Å². The highest BCUT2D eigenvalue weighted by Crippen LogP contribution is 2.33. The Bertz CT molecular complexity index is 702. The van der Waals surface area contributed by atoms with Crippen molar-refractivity contribution in [2.45, 2.75) is 32.8 Å². The van der Waals surface area contributed by atoms with Gasteiger partial charge in [0.15, 0.2) is 0 Å². The van der Waals surface area contributed by atoms with E-state index in [9.17, 15) is 9.90 Å². The summed E-state index contributed by atoms with van der Waals surface area (Å²) in [5.41, 5.74) is 3.73. The molecule has 1 aliphatic rings. The molecule has 1 saturated carbocycles. The minimum Gasteiger partial charge on any atom is -0.391 e. The smallest absolute Gasteiger partial charge is 0.255 e. The number of carbonyl (C=O) groups is 1. The Hall–Kier alpha value is -2.07. The van der Waals surface area contributed by atoms with Crippen molar-refractivity contribution in [1.82, 2.24) is 9.47 Å². The van der Waals surface area contributed by atoms with E-state index in [2.05, 4.69) is 4.57 Å². The first-order valence-corrected chi connectivity index (χ1v) is 8.17. The predicted octanol–water partition coefficient (Wildman–Crippen LogP) is 2.94. The zero-order chi connectivity index (χ0) is 16.6. The van der Waals surface area contributed by atoms with Gasteiger partial charge in [-0.2, -0.15) is 0 Å². The Balaban J connectivity index is 1.84. The zero-order valence-electron chi connectivity index (χ0n) is 14.0. The van der Waals surface area contributed by atoms with E-state index in [-0.39, 0.29) is 5.91 Å². The quantitative estimate of drug-likeness (QED) is 0.922. The predicted molar refractivity (Wildman–Crippen MR) is 90.9 cm³/mol. The summed E-state index contributed by atoms with van der Waals surface area (Å²) in [7, 11) is 1.77. The lowest BCUT2D eigenvalue weighted by Crippen LogP contribution is -2.35. The number of hydrogen-bond donors (Lipinski definition) is 1. The van der Waals surface area contributed by atoms with Crippen LogP contribution in [-0.4, -0.2) is 40.2 Å². The van der Waals surface area contributed by atoms with Gasteiger partial charge in [-0.3, -0.25) is 4.79 Å². The molecule has 0 spiro atoms. The van der Waals surface area contributed by atoms with E-state index in [1.807, 2.05) is 50.2 Å². The van der Waals surface area contributed by atoms with Crippen LogP contribution in [0.5, 0.6) is 0 Å². The second-order valence-electron chi connectivity index (χ2n) is 6.55. The van der Waals surface area contributed by atoms with Crippen LogP contribution in [0.2, 0.25) is 0 Å². The second kappa shape index (κ2) is 6.20. The average molecular weight is 312 g/mol. The van der Waals surface area contributed by atoms with Gasteiger partial charge in [-0.25, -0.2) is 0 Å². The highest BCUT2D eigenvalue weighted by atomic mass is 16.3. The summed E-state index contributed by atoms with van der Waals surface area (Å²) in [6, 6.07) is 12.0. The summed E-state index contributed by atoms with van der Waals surface area (Å²) in [5, 5.41) is 10.1. The van der Waals surface area contributed by atoms with Gasteiger partial charge in [-0.15, -0.1) is 0 Å². The summed E-state index contributed by atoms with van der Waals surface area (Å²) >= 11 is 0. The van der Waals surface area contributed by atoms with Gasteiger partial charge in [-0.1, -0.05) is 18.2 Å². The van der Waals surface area contributed by atoms with E-state index in [4.69, 9.17) is 0 Å². The number of likely N-dealkylation sites (N-methyl/N-ethyl adjacent to an activating group) is 1. The third-order valence-electron chi connectivity index (χ3n) is 4.65. The maximum atomic E-state index is 12.7. The van der Waals surface area contributed by atoms with E-state index >= 15 is 0 Å². The van der Waals surface area contributed by atoms with Crippen molar-refractivity contribution in [3.8, 4) is 5.69 Å². The van der Waals surface area contributed by atoms with Gasteiger partial charge in [0, 0.05) is 30.7 Å². The van der Waals surface area contributed by atoms with Crippen molar-refractivity contribution in [2.24, 2.45) is 5.92 Å². The highest BCUT2D eigenvalue weighted by Gasteiger charge is 2.31. The number of nitrogens with zero attached hydrogens (tertiary/aromatic N) is 2. The largest absolute Gasteiger partial charge is 0.391 e. The molecular formula is C19H24N2O2. The lowest BCUT2D eigenvalue weighted by molar-refractivity contribution is 0.0645. The zero-order valence-corrected chi connectivity index (χ0v) is 14.0. The molecule has 1 unspecified atom stereocenters. The van der Waals surface area contributed by atoms with E-state index in [1.54, 1.807) is 11.9 Å². The van der Waals surface area contributed by atoms with Gasteiger partial charge in [0.25, 0.3) is 5.91 Å². The molecule has 1 amide bonds. The molecule has 2 aromatic rings. The van der Waals surface area contributed by atoms with Crippen LogP contribution in [0.1, 0.15) is 34.6 Å². The number of benzene rings is 1. The van der Waals surface area contributed by atoms with Gasteiger partial charge in [-0.05, 0) is 50.8 Å². The molecule has 122 valence electrons. The molecule has 1 N–H and O–H groups in total. The second-order valence-corrected chi connectivity index (χ2v) is 6.55. The number of amides is 1. The molecule has 1 aromatic heterocycles. The number of aromatic nitrogens is 1. The van der Waals surface area contributed by atoms with E-state index in [0.717, 1.165) is 29.9 Å². The van der Waals surface area contributed by atoms with Crippen LogP contribution in [0.4, 0.5) is 0 Å². The molecule has 1 aliphatic carbocycles. The van der Waals surface area contributed by atoms with Crippen LogP contribution >= 0.6 is 0 Å². The van der Waals surface area contributed by atoms with Gasteiger partial charge in [0.1, 0.15) is 0 Å². The SMILES string of the molecule is Cc1cc(C(=O)N(C)CC(O)C2CC2)c(C)n1-c1ccccc1. The third kappa shape index (κ3) is 3.17. The van der Waals surface area contributed by atoms with Crippen molar-refractivity contribution in [1.29, 1.82) is 0 Å². The van der Waals surface area contributed by atoms with Crippen molar-refractivity contribution in [2.75, 3.05) is 13.6 Å². The molecule has 1 fully saturated rings. The molecule has 4 heteroatoms. The summed E-state index contributed by atoms with van der Waals surface area (Å²) in [5.74, 6) is 0.349. The molecule has 1 atom stereocenters. The van der Waals surface area contributed by atoms with E-state index < -0.39 is 6.10 Å². The Labute approximate surface area is 137 Å². The fourth-order valence-electron chi connectivity index (χ4n) is 3.15. The van der Waals surface area contributed by atoms with Gasteiger partial charge < -0.3 is 14.6 Å². The normalized spacial score (nSPS) is 15.5. The van der Waals surface area contributed by atoms with Crippen LogP contribution in [-0.2, 0) is 0 Å². The molecule has 3 rings (SSSR count). The first kappa shape index (κ1) is 15.8. The van der Waals surface area contributed by atoms with E-state index in [1.165, 1.54) is 0 Å². The minimum atomic E-state index is -0.401. The van der Waals surface area contributed by atoms with Gasteiger partial charge in [0.2, 0.25) is 0 Å². The Morgan fingerprint density at radius 2 is 1.96 bits per heavy atom. The third-order valence-corrected chi connectivity index (χ3v) is 4.65. The molecule has 4 nitrogen and oxygen atoms in total. The summed E-state index contributed by atoms with van der Waals surface area (Å²) in [4.78, 5) is 14.4. The Kier molecular flexibility index (Phi) is 4.26. The van der Waals surface area contributed by atoms with Gasteiger partial charge >= 0.3 is 0 Å². The van der Waals surface area contributed by atoms with E-state index in [0.29, 0.717) is 18.0 Å². The fraction of sp³-hybridized carbons (Fsp3) is 0.421. The van der Waals surface area contributed by atoms with Crippen LogP contribution in [0.15, 0.2) is 36.4 Å². The number of carbonyl (C=O) groups excluding carboxylic acids is 1. The number of hydrogen-bond acceptors (Lipinski definition) is 2. The summed E-state index contributed by atoms with van der Waals surface area (Å²) in [6.45, 7) is 4.38. The first-order chi connectivity index (χ1) is 11.0. The Morgan fingerprint density at radius 3 is 2.57 bits per heavy atom. The topological polar surface area (TPSA) is 45.5 Å². The maximum Gasteiger partial charge on any atom is 0.255 e.